The Morgan fingerprint density at radius 3 is 2.57 bits per heavy atom. The van der Waals surface area contributed by atoms with Gasteiger partial charge in [0.1, 0.15) is 0 Å². The van der Waals surface area contributed by atoms with Gasteiger partial charge in [0.15, 0.2) is 11.3 Å². The molecule has 1 saturated heterocycles. The van der Waals surface area contributed by atoms with Crippen LogP contribution in [0, 0.1) is 13.8 Å². The number of ether oxygens (including phenoxy) is 1. The summed E-state index contributed by atoms with van der Waals surface area (Å²) >= 11 is 6.27. The molecule has 0 saturated carbocycles. The van der Waals surface area contributed by atoms with E-state index in [-0.39, 0.29) is 5.91 Å². The molecule has 0 atom stereocenters. The SMILES string of the molecule is Cc1cc(Cl)c2oc(C(=O)NCc3ccc(N4CCOCC4)cc3)c(C)c2c1. The number of benzene rings is 2. The number of hydrogen-bond acceptors (Lipinski definition) is 4. The van der Waals surface area contributed by atoms with Gasteiger partial charge in [-0.2, -0.15) is 0 Å². The van der Waals surface area contributed by atoms with Crippen LogP contribution in [0.3, 0.4) is 0 Å². The zero-order valence-electron chi connectivity index (χ0n) is 16.0. The summed E-state index contributed by atoms with van der Waals surface area (Å²) in [6, 6.07) is 12.1. The van der Waals surface area contributed by atoms with Crippen LogP contribution >= 0.6 is 11.6 Å². The number of amides is 1. The first-order valence-corrected chi connectivity index (χ1v) is 9.80. The number of rotatable bonds is 4. The second kappa shape index (κ2) is 7.86. The number of carbonyl (C=O) groups excluding carboxylic acids is 1. The van der Waals surface area contributed by atoms with E-state index in [9.17, 15) is 4.79 Å². The van der Waals surface area contributed by atoms with Crippen LogP contribution < -0.4 is 10.2 Å². The normalized spacial score (nSPS) is 14.5. The molecule has 0 radical (unpaired) electrons. The number of carbonyl (C=O) groups is 1. The molecule has 3 aromatic rings. The highest BCUT2D eigenvalue weighted by Crippen LogP contribution is 2.32. The van der Waals surface area contributed by atoms with Crippen LogP contribution in [0.15, 0.2) is 40.8 Å². The average Bonchev–Trinajstić information content (AvgIpc) is 3.04. The third kappa shape index (κ3) is 3.73. The van der Waals surface area contributed by atoms with Gasteiger partial charge in [-0.25, -0.2) is 0 Å². The van der Waals surface area contributed by atoms with Crippen molar-refractivity contribution in [1.82, 2.24) is 5.32 Å². The molecule has 0 spiro atoms. The van der Waals surface area contributed by atoms with Gasteiger partial charge in [0.25, 0.3) is 5.91 Å². The topological polar surface area (TPSA) is 54.7 Å². The van der Waals surface area contributed by atoms with Gasteiger partial charge in [0.2, 0.25) is 0 Å². The quantitative estimate of drug-likeness (QED) is 0.704. The Bertz CT molecular complexity index is 1000. The Kier molecular flexibility index (Phi) is 5.29. The van der Waals surface area contributed by atoms with Crippen molar-refractivity contribution in [2.45, 2.75) is 20.4 Å². The number of hydrogen-bond donors (Lipinski definition) is 1. The summed E-state index contributed by atoms with van der Waals surface area (Å²) in [5.41, 5.74) is 4.61. The highest BCUT2D eigenvalue weighted by atomic mass is 35.5. The first-order valence-electron chi connectivity index (χ1n) is 9.42. The molecule has 0 bridgehead atoms. The summed E-state index contributed by atoms with van der Waals surface area (Å²) in [4.78, 5) is 14.9. The smallest absolute Gasteiger partial charge is 0.287 e. The minimum atomic E-state index is -0.236. The zero-order chi connectivity index (χ0) is 19.7. The van der Waals surface area contributed by atoms with E-state index in [1.807, 2.05) is 38.1 Å². The minimum Gasteiger partial charge on any atom is -0.449 e. The van der Waals surface area contributed by atoms with E-state index >= 15 is 0 Å². The Morgan fingerprint density at radius 1 is 1.14 bits per heavy atom. The molecule has 1 aliphatic heterocycles. The van der Waals surface area contributed by atoms with Crippen LogP contribution in [0.5, 0.6) is 0 Å². The van der Waals surface area contributed by atoms with Crippen molar-refractivity contribution in [2.75, 3.05) is 31.2 Å². The molecule has 0 aliphatic carbocycles. The largest absolute Gasteiger partial charge is 0.449 e. The summed E-state index contributed by atoms with van der Waals surface area (Å²) in [5, 5.41) is 4.34. The minimum absolute atomic E-state index is 0.236. The summed E-state index contributed by atoms with van der Waals surface area (Å²) in [6.45, 7) is 7.63. The van der Waals surface area contributed by atoms with Crippen molar-refractivity contribution in [1.29, 1.82) is 0 Å². The fourth-order valence-electron chi connectivity index (χ4n) is 3.54. The maximum absolute atomic E-state index is 12.6. The van der Waals surface area contributed by atoms with E-state index in [0.29, 0.717) is 22.9 Å². The molecule has 146 valence electrons. The van der Waals surface area contributed by atoms with E-state index in [0.717, 1.165) is 48.4 Å². The number of morpholine rings is 1. The molecule has 2 aromatic carbocycles. The Labute approximate surface area is 169 Å². The summed E-state index contributed by atoms with van der Waals surface area (Å²) in [5.74, 6) is 0.0760. The number of fused-ring (bicyclic) bond motifs is 1. The molecular formula is C22H23ClN2O3. The van der Waals surface area contributed by atoms with Gasteiger partial charge in [-0.05, 0) is 49.2 Å². The molecule has 28 heavy (non-hydrogen) atoms. The van der Waals surface area contributed by atoms with Crippen molar-refractivity contribution in [3.8, 4) is 0 Å². The van der Waals surface area contributed by atoms with Gasteiger partial charge >= 0.3 is 0 Å². The van der Waals surface area contributed by atoms with Gasteiger partial charge in [0.05, 0.1) is 18.2 Å². The van der Waals surface area contributed by atoms with E-state index in [2.05, 4.69) is 22.3 Å². The van der Waals surface area contributed by atoms with Gasteiger partial charge in [0, 0.05) is 36.3 Å². The number of nitrogens with one attached hydrogen (secondary N) is 1. The molecule has 1 N–H and O–H groups in total. The van der Waals surface area contributed by atoms with E-state index in [4.69, 9.17) is 20.8 Å². The van der Waals surface area contributed by atoms with Crippen LogP contribution in [0.2, 0.25) is 5.02 Å². The van der Waals surface area contributed by atoms with Gasteiger partial charge in [-0.3, -0.25) is 4.79 Å². The van der Waals surface area contributed by atoms with Crippen LogP contribution in [-0.2, 0) is 11.3 Å². The monoisotopic (exact) mass is 398 g/mol. The molecule has 1 amide bonds. The van der Waals surface area contributed by atoms with Crippen molar-refractivity contribution < 1.29 is 13.9 Å². The molecule has 1 aliphatic rings. The standard InChI is InChI=1S/C22H23ClN2O3/c1-14-11-18-15(2)20(28-21(18)19(23)12-14)22(26)24-13-16-3-5-17(6-4-16)25-7-9-27-10-8-25/h3-6,11-12H,7-10,13H2,1-2H3,(H,24,26). The van der Waals surface area contributed by atoms with Crippen molar-refractivity contribution in [2.24, 2.45) is 0 Å². The Morgan fingerprint density at radius 2 is 1.86 bits per heavy atom. The fraction of sp³-hybridized carbons (Fsp3) is 0.318. The molecule has 6 heteroatoms. The molecule has 1 aromatic heterocycles. The summed E-state index contributed by atoms with van der Waals surface area (Å²) < 4.78 is 11.2. The molecule has 0 unspecified atom stereocenters. The maximum Gasteiger partial charge on any atom is 0.287 e. The van der Waals surface area contributed by atoms with Gasteiger partial charge < -0.3 is 19.4 Å². The van der Waals surface area contributed by atoms with Crippen LogP contribution in [0.25, 0.3) is 11.0 Å². The summed E-state index contributed by atoms with van der Waals surface area (Å²) in [7, 11) is 0. The van der Waals surface area contributed by atoms with E-state index in [1.165, 1.54) is 5.69 Å². The first kappa shape index (κ1) is 18.8. The molecule has 2 heterocycles. The average molecular weight is 399 g/mol. The highest BCUT2D eigenvalue weighted by Gasteiger charge is 2.19. The number of aryl methyl sites for hydroxylation is 2. The zero-order valence-corrected chi connectivity index (χ0v) is 16.8. The third-order valence-corrected chi connectivity index (χ3v) is 5.39. The number of furan rings is 1. The van der Waals surface area contributed by atoms with E-state index < -0.39 is 0 Å². The lowest BCUT2D eigenvalue weighted by Crippen LogP contribution is -2.36. The Hall–Kier alpha value is -2.50. The van der Waals surface area contributed by atoms with Crippen LogP contribution in [0.4, 0.5) is 5.69 Å². The van der Waals surface area contributed by atoms with Gasteiger partial charge in [-0.1, -0.05) is 23.7 Å². The second-order valence-corrected chi connectivity index (χ2v) is 7.54. The Balaban J connectivity index is 1.45. The van der Waals surface area contributed by atoms with Crippen molar-refractivity contribution >= 4 is 34.2 Å². The van der Waals surface area contributed by atoms with Crippen molar-refractivity contribution in [3.63, 3.8) is 0 Å². The number of anilines is 1. The lowest BCUT2D eigenvalue weighted by Gasteiger charge is -2.28. The van der Waals surface area contributed by atoms with Crippen LogP contribution in [0.1, 0.15) is 27.2 Å². The molecule has 1 fully saturated rings. The number of nitrogens with zero attached hydrogens (tertiary/aromatic N) is 1. The third-order valence-electron chi connectivity index (χ3n) is 5.11. The van der Waals surface area contributed by atoms with Crippen LogP contribution in [-0.4, -0.2) is 32.2 Å². The second-order valence-electron chi connectivity index (χ2n) is 7.13. The predicted molar refractivity (Wildman–Crippen MR) is 111 cm³/mol. The first-order chi connectivity index (χ1) is 13.5. The maximum atomic E-state index is 12.6. The van der Waals surface area contributed by atoms with Gasteiger partial charge in [-0.15, -0.1) is 0 Å². The molecule has 4 rings (SSSR count). The lowest BCUT2D eigenvalue weighted by atomic mass is 10.1. The summed E-state index contributed by atoms with van der Waals surface area (Å²) in [6.07, 6.45) is 0. The van der Waals surface area contributed by atoms with Crippen molar-refractivity contribution in [3.05, 3.63) is 63.9 Å². The lowest BCUT2D eigenvalue weighted by molar-refractivity contribution is 0.0924. The van der Waals surface area contributed by atoms with E-state index in [1.54, 1.807) is 0 Å². The predicted octanol–water partition coefficient (Wildman–Crippen LogP) is 4.47. The molecular weight excluding hydrogens is 376 g/mol. The highest BCUT2D eigenvalue weighted by molar-refractivity contribution is 6.35. The number of halogens is 1. The molecule has 5 nitrogen and oxygen atoms in total. The fourth-order valence-corrected chi connectivity index (χ4v) is 3.85.